The Kier molecular flexibility index (Phi) is 4.72. The standard InChI is InChI=1S/C17H14F3N5O2/c1-2-14(26)23-9-13-15-12(21)7-8-22-16(15)25(24-13)10-3-5-11(6-4-10)27-17(18,19)20/h2-8H,1,9H2,(H2,21,22)(H,23,26). The smallest absolute Gasteiger partial charge is 0.406 e. The third kappa shape index (κ3) is 4.00. The van der Waals surface area contributed by atoms with Gasteiger partial charge < -0.3 is 15.8 Å². The van der Waals surface area contributed by atoms with Gasteiger partial charge in [0.15, 0.2) is 5.65 Å². The molecule has 0 saturated heterocycles. The van der Waals surface area contributed by atoms with Gasteiger partial charge in [-0.1, -0.05) is 6.58 Å². The summed E-state index contributed by atoms with van der Waals surface area (Å²) in [5.74, 6) is -0.734. The number of anilines is 1. The predicted octanol–water partition coefficient (Wildman–Crippen LogP) is 2.70. The van der Waals surface area contributed by atoms with Crippen LogP contribution in [0.2, 0.25) is 0 Å². The average Bonchev–Trinajstić information content (AvgIpc) is 2.99. The van der Waals surface area contributed by atoms with Gasteiger partial charge in [-0.3, -0.25) is 4.79 Å². The molecule has 0 saturated carbocycles. The fourth-order valence-electron chi connectivity index (χ4n) is 2.48. The summed E-state index contributed by atoms with van der Waals surface area (Å²) in [6, 6.07) is 6.74. The maximum absolute atomic E-state index is 12.3. The van der Waals surface area contributed by atoms with Gasteiger partial charge in [-0.25, -0.2) is 9.67 Å². The van der Waals surface area contributed by atoms with Gasteiger partial charge in [-0.05, 0) is 36.4 Å². The zero-order valence-corrected chi connectivity index (χ0v) is 13.8. The van der Waals surface area contributed by atoms with Gasteiger partial charge in [0, 0.05) is 11.9 Å². The molecule has 2 heterocycles. The minimum absolute atomic E-state index is 0.0829. The number of carbonyl (C=O) groups is 1. The van der Waals surface area contributed by atoms with E-state index in [1.165, 1.54) is 35.1 Å². The summed E-state index contributed by atoms with van der Waals surface area (Å²) in [5.41, 5.74) is 7.74. The first-order valence-corrected chi connectivity index (χ1v) is 7.67. The van der Waals surface area contributed by atoms with Crippen LogP contribution < -0.4 is 15.8 Å². The van der Waals surface area contributed by atoms with Crippen LogP contribution in [0.15, 0.2) is 49.2 Å². The van der Waals surface area contributed by atoms with Gasteiger partial charge in [0.05, 0.1) is 23.3 Å². The lowest BCUT2D eigenvalue weighted by Gasteiger charge is -2.09. The molecule has 0 unspecified atom stereocenters. The van der Waals surface area contributed by atoms with E-state index in [0.29, 0.717) is 28.1 Å². The van der Waals surface area contributed by atoms with Crippen molar-refractivity contribution in [2.75, 3.05) is 5.73 Å². The second-order valence-corrected chi connectivity index (χ2v) is 5.42. The Balaban J connectivity index is 2.00. The van der Waals surface area contributed by atoms with E-state index < -0.39 is 6.36 Å². The summed E-state index contributed by atoms with van der Waals surface area (Å²) in [6.07, 6.45) is -2.16. The average molecular weight is 377 g/mol. The monoisotopic (exact) mass is 377 g/mol. The highest BCUT2D eigenvalue weighted by Gasteiger charge is 2.31. The van der Waals surface area contributed by atoms with E-state index in [-0.39, 0.29) is 18.2 Å². The lowest BCUT2D eigenvalue weighted by Crippen LogP contribution is -2.20. The molecule has 0 spiro atoms. The highest BCUT2D eigenvalue weighted by molar-refractivity contribution is 5.92. The number of pyridine rings is 1. The molecule has 0 aliphatic heterocycles. The number of carbonyl (C=O) groups excluding carboxylic acids is 1. The molecular weight excluding hydrogens is 363 g/mol. The van der Waals surface area contributed by atoms with Crippen LogP contribution in [0.3, 0.4) is 0 Å². The molecular formula is C17H14F3N5O2. The van der Waals surface area contributed by atoms with E-state index in [1.807, 2.05) is 0 Å². The number of halogens is 3. The Morgan fingerprint density at radius 2 is 2.00 bits per heavy atom. The van der Waals surface area contributed by atoms with E-state index in [0.717, 1.165) is 6.08 Å². The number of amides is 1. The first-order chi connectivity index (χ1) is 12.8. The Hall–Kier alpha value is -3.56. The lowest BCUT2D eigenvalue weighted by atomic mass is 10.2. The van der Waals surface area contributed by atoms with Crippen molar-refractivity contribution in [2.24, 2.45) is 0 Å². The van der Waals surface area contributed by atoms with E-state index in [4.69, 9.17) is 5.73 Å². The maximum atomic E-state index is 12.3. The van der Waals surface area contributed by atoms with Crippen LogP contribution in [-0.4, -0.2) is 27.0 Å². The molecule has 27 heavy (non-hydrogen) atoms. The molecule has 0 radical (unpaired) electrons. The number of rotatable bonds is 5. The van der Waals surface area contributed by atoms with Gasteiger partial charge in [-0.15, -0.1) is 13.2 Å². The Labute approximate surface area is 151 Å². The van der Waals surface area contributed by atoms with Gasteiger partial charge >= 0.3 is 6.36 Å². The van der Waals surface area contributed by atoms with Crippen molar-refractivity contribution in [2.45, 2.75) is 12.9 Å². The lowest BCUT2D eigenvalue weighted by molar-refractivity contribution is -0.274. The molecule has 3 rings (SSSR count). The van der Waals surface area contributed by atoms with Gasteiger partial charge in [0.25, 0.3) is 0 Å². The predicted molar refractivity (Wildman–Crippen MR) is 92.0 cm³/mol. The summed E-state index contributed by atoms with van der Waals surface area (Å²) in [4.78, 5) is 15.7. The highest BCUT2D eigenvalue weighted by Crippen LogP contribution is 2.27. The first-order valence-electron chi connectivity index (χ1n) is 7.67. The number of alkyl halides is 3. The largest absolute Gasteiger partial charge is 0.573 e. The van der Waals surface area contributed by atoms with Crippen LogP contribution in [0.5, 0.6) is 5.75 Å². The van der Waals surface area contributed by atoms with Gasteiger partial charge in [0.2, 0.25) is 5.91 Å². The number of nitrogens with one attached hydrogen (secondary N) is 1. The number of ether oxygens (including phenoxy) is 1. The number of benzene rings is 1. The third-order valence-electron chi connectivity index (χ3n) is 3.60. The number of nitrogen functional groups attached to an aromatic ring is 1. The molecule has 140 valence electrons. The summed E-state index contributed by atoms with van der Waals surface area (Å²) in [6.45, 7) is 3.46. The third-order valence-corrected chi connectivity index (χ3v) is 3.60. The van der Waals surface area contributed by atoms with Crippen LogP contribution >= 0.6 is 0 Å². The number of nitrogens with zero attached hydrogens (tertiary/aromatic N) is 3. The molecule has 0 bridgehead atoms. The van der Waals surface area contributed by atoms with Gasteiger partial charge in [-0.2, -0.15) is 5.10 Å². The molecule has 10 heteroatoms. The second kappa shape index (κ2) is 6.98. The van der Waals surface area contributed by atoms with E-state index in [9.17, 15) is 18.0 Å². The fourth-order valence-corrected chi connectivity index (χ4v) is 2.48. The SMILES string of the molecule is C=CC(=O)NCc1nn(-c2ccc(OC(F)(F)F)cc2)c2nccc(N)c12. The maximum Gasteiger partial charge on any atom is 0.573 e. The van der Waals surface area contributed by atoms with Crippen molar-refractivity contribution >= 4 is 22.6 Å². The Bertz CT molecular complexity index is 996. The normalized spacial score (nSPS) is 11.4. The molecule has 0 fully saturated rings. The van der Waals surface area contributed by atoms with Crippen molar-refractivity contribution in [3.8, 4) is 11.4 Å². The molecule has 0 aliphatic rings. The van der Waals surface area contributed by atoms with Crippen LogP contribution in [0.25, 0.3) is 16.7 Å². The van der Waals surface area contributed by atoms with E-state index >= 15 is 0 Å². The van der Waals surface area contributed by atoms with Crippen molar-refractivity contribution in [3.05, 3.63) is 54.9 Å². The topological polar surface area (TPSA) is 95.1 Å². The van der Waals surface area contributed by atoms with Crippen LogP contribution in [0, 0.1) is 0 Å². The van der Waals surface area contributed by atoms with Crippen LogP contribution in [0.4, 0.5) is 18.9 Å². The molecule has 1 amide bonds. The summed E-state index contributed by atoms with van der Waals surface area (Å²) in [7, 11) is 0. The fraction of sp³-hybridized carbons (Fsp3) is 0.118. The van der Waals surface area contributed by atoms with E-state index in [2.05, 4.69) is 26.7 Å². The van der Waals surface area contributed by atoms with E-state index in [1.54, 1.807) is 6.07 Å². The van der Waals surface area contributed by atoms with Crippen LogP contribution in [0.1, 0.15) is 5.69 Å². The Morgan fingerprint density at radius 1 is 1.30 bits per heavy atom. The minimum Gasteiger partial charge on any atom is -0.406 e. The zero-order valence-electron chi connectivity index (χ0n) is 13.8. The Morgan fingerprint density at radius 3 is 2.63 bits per heavy atom. The van der Waals surface area contributed by atoms with Crippen LogP contribution in [-0.2, 0) is 11.3 Å². The van der Waals surface area contributed by atoms with Gasteiger partial charge in [0.1, 0.15) is 5.75 Å². The van der Waals surface area contributed by atoms with Crippen molar-refractivity contribution in [1.82, 2.24) is 20.1 Å². The second-order valence-electron chi connectivity index (χ2n) is 5.42. The summed E-state index contributed by atoms with van der Waals surface area (Å²) in [5, 5.41) is 7.54. The zero-order chi connectivity index (χ0) is 19.6. The molecule has 3 N–H and O–H groups in total. The summed E-state index contributed by atoms with van der Waals surface area (Å²) >= 11 is 0. The number of hydrogen-bond donors (Lipinski definition) is 2. The number of fused-ring (bicyclic) bond motifs is 1. The molecule has 7 nitrogen and oxygen atoms in total. The summed E-state index contributed by atoms with van der Waals surface area (Å²) < 4.78 is 42.2. The van der Waals surface area contributed by atoms with Crippen molar-refractivity contribution in [1.29, 1.82) is 0 Å². The molecule has 3 aromatic rings. The quantitative estimate of drug-likeness (QED) is 0.667. The number of nitrogens with two attached hydrogens (primary N) is 1. The molecule has 2 aromatic heterocycles. The number of hydrogen-bond acceptors (Lipinski definition) is 5. The molecule has 1 aromatic carbocycles. The minimum atomic E-state index is -4.77. The first kappa shape index (κ1) is 18.2. The molecule has 0 atom stereocenters. The van der Waals surface area contributed by atoms with Crippen molar-refractivity contribution in [3.63, 3.8) is 0 Å². The van der Waals surface area contributed by atoms with Crippen molar-refractivity contribution < 1.29 is 22.7 Å². The highest BCUT2D eigenvalue weighted by atomic mass is 19.4. The number of aromatic nitrogens is 3. The molecule has 0 aliphatic carbocycles.